The number of aliphatic hydroxyl groups excluding tert-OH is 6. The molecule has 92 heavy (non-hydrogen) atoms. The maximum Gasteiger partial charge on any atom is 0.480 e. The zero-order valence-corrected chi connectivity index (χ0v) is 56.3. The Labute approximate surface area is 553 Å². The predicted molar refractivity (Wildman–Crippen MR) is 333 cm³/mol. The smallest absolute Gasteiger partial charge is 0.393 e. The van der Waals surface area contributed by atoms with Gasteiger partial charge in [-0.25, -0.2) is 19.5 Å². The van der Waals surface area contributed by atoms with E-state index in [0.717, 1.165) is 34.0 Å². The van der Waals surface area contributed by atoms with Crippen LogP contribution in [0.25, 0.3) is 0 Å². The Hall–Kier alpha value is -5.26. The molecule has 9 atom stereocenters. The molecule has 3 saturated heterocycles. The van der Waals surface area contributed by atoms with Gasteiger partial charge in [-0.1, -0.05) is 89.6 Å². The highest BCUT2D eigenvalue weighted by Crippen LogP contribution is 2.51. The second-order valence-corrected chi connectivity index (χ2v) is 26.9. The molecule has 0 saturated carbocycles. The summed E-state index contributed by atoms with van der Waals surface area (Å²) in [6.07, 6.45) is -3.69. The number of ether oxygens (including phenoxy) is 3. The van der Waals surface area contributed by atoms with Crippen LogP contribution in [0.15, 0.2) is 0 Å². The van der Waals surface area contributed by atoms with Crippen molar-refractivity contribution in [2.45, 2.75) is 134 Å². The van der Waals surface area contributed by atoms with Gasteiger partial charge in [0.15, 0.2) is 15.5 Å². The molecule has 0 spiro atoms. The highest BCUT2D eigenvalue weighted by molar-refractivity contribution is 7.48. The van der Waals surface area contributed by atoms with Gasteiger partial charge in [0.25, 0.3) is 17.7 Å². The van der Waals surface area contributed by atoms with E-state index in [1.807, 2.05) is 14.7 Å². The monoisotopic (exact) mass is 1420 g/mol. The molecule has 6 aromatic heterocycles. The minimum absolute atomic E-state index is 0.0667. The summed E-state index contributed by atoms with van der Waals surface area (Å²) in [4.78, 5) is 62.3. The number of aliphatic hydroxyl groups is 6. The molecule has 41 heteroatoms. The third-order valence-corrected chi connectivity index (χ3v) is 21.2. The Morgan fingerprint density at radius 1 is 0.511 bits per heavy atom. The number of carbonyl (C=O) groups is 3. The maximum absolute atomic E-state index is 15.7. The third-order valence-electron chi connectivity index (χ3n) is 15.7. The number of rotatable bonds is 30. The third kappa shape index (κ3) is 16.0. The molecule has 9 N–H and O–H groups in total. The second-order valence-electron chi connectivity index (χ2n) is 21.2. The van der Waals surface area contributed by atoms with Crippen LogP contribution in [0, 0.1) is 0 Å². The van der Waals surface area contributed by atoms with Crippen LogP contribution in [0.4, 0.5) is 15.4 Å². The van der Waals surface area contributed by atoms with Crippen molar-refractivity contribution in [3.8, 4) is 0 Å². The molecule has 34 nitrogen and oxygen atoms in total. The Morgan fingerprint density at radius 2 is 0.783 bits per heavy atom. The molecule has 6 aromatic rings. The van der Waals surface area contributed by atoms with Crippen LogP contribution in [0.1, 0.15) is 122 Å². The number of hydrogen-bond acceptors (Lipinski definition) is 31. The number of aromatic nitrogens is 12. The summed E-state index contributed by atoms with van der Waals surface area (Å²) >= 11 is 23.5. The number of methoxy groups -OCH3 is 3. The van der Waals surface area contributed by atoms with Gasteiger partial charge in [-0.2, -0.15) is 0 Å². The van der Waals surface area contributed by atoms with Crippen molar-refractivity contribution in [1.29, 1.82) is 0 Å². The number of halogens is 3. The molecular formula is C51H72Cl3N18O16PS3. The van der Waals surface area contributed by atoms with Crippen LogP contribution in [0.3, 0.4) is 0 Å². The minimum Gasteiger partial charge on any atom is -0.393 e. The normalized spacial score (nSPS) is 20.8. The Kier molecular flexibility index (Phi) is 24.7. The van der Waals surface area contributed by atoms with E-state index in [1.54, 1.807) is 20.8 Å². The van der Waals surface area contributed by atoms with E-state index in [2.05, 4.69) is 61.5 Å². The first-order chi connectivity index (χ1) is 44.2. The van der Waals surface area contributed by atoms with E-state index in [-0.39, 0.29) is 86.9 Å². The second kappa shape index (κ2) is 32.0. The highest BCUT2D eigenvalue weighted by Gasteiger charge is 2.40. The molecule has 3 aliphatic rings. The Morgan fingerprint density at radius 3 is 1.02 bits per heavy atom. The molecule has 3 amide bonds. The molecule has 0 radical (unpaired) electrons. The fourth-order valence-corrected chi connectivity index (χ4v) is 15.2. The lowest BCUT2D eigenvalue weighted by atomic mass is 10.0. The van der Waals surface area contributed by atoms with Crippen molar-refractivity contribution in [3.05, 3.63) is 65.0 Å². The summed E-state index contributed by atoms with van der Waals surface area (Å²) < 4.78 is 55.7. The van der Waals surface area contributed by atoms with Gasteiger partial charge in [-0.05, 0) is 38.5 Å². The summed E-state index contributed by atoms with van der Waals surface area (Å²) in [5, 5.41) is 94.2. The number of phosphoric acid groups is 1. The number of phosphoric ester groups is 1. The van der Waals surface area contributed by atoms with Crippen LogP contribution in [0.2, 0.25) is 15.5 Å². The molecule has 9 rings (SSSR count). The summed E-state index contributed by atoms with van der Waals surface area (Å²) in [5.74, 6) is -2.84. The molecular weight excluding hydrogens is 1350 g/mol. The largest absolute Gasteiger partial charge is 0.480 e. The maximum atomic E-state index is 15.7. The van der Waals surface area contributed by atoms with Crippen molar-refractivity contribution in [2.75, 3.05) is 95.1 Å². The number of anilines is 3. The number of imidazole rings is 3. The number of amides is 3. The zero-order chi connectivity index (χ0) is 66.1. The molecule has 506 valence electrons. The van der Waals surface area contributed by atoms with Crippen LogP contribution in [-0.2, 0) is 71.8 Å². The highest BCUT2D eigenvalue weighted by atomic mass is 35.5. The lowest BCUT2D eigenvalue weighted by Gasteiger charge is -2.37. The van der Waals surface area contributed by atoms with Crippen molar-refractivity contribution in [3.63, 3.8) is 0 Å². The number of nitrogens with zero attached hydrogens (tertiary/aromatic N) is 15. The first-order valence-corrected chi connectivity index (χ1v) is 34.2. The van der Waals surface area contributed by atoms with Gasteiger partial charge in [-0.15, -0.1) is 30.6 Å². The van der Waals surface area contributed by atoms with Gasteiger partial charge in [0.1, 0.15) is 53.5 Å². The van der Waals surface area contributed by atoms with Crippen molar-refractivity contribution in [1.82, 2.24) is 75.2 Å². The van der Waals surface area contributed by atoms with E-state index in [4.69, 9.17) is 62.6 Å². The Bertz CT molecular complexity index is 3190. The molecule has 3 fully saturated rings. The molecule has 0 unspecified atom stereocenters. The van der Waals surface area contributed by atoms with Crippen molar-refractivity contribution < 1.29 is 77.4 Å². The fourth-order valence-electron chi connectivity index (χ4n) is 10.7. The Balaban J connectivity index is 0.968. The number of nitrogens with one attached hydrogen (secondary N) is 3. The van der Waals surface area contributed by atoms with Crippen molar-refractivity contribution >= 4 is 110 Å². The lowest BCUT2D eigenvalue weighted by molar-refractivity contribution is 0.0445. The van der Waals surface area contributed by atoms with E-state index in [9.17, 15) is 45.0 Å². The van der Waals surface area contributed by atoms with Gasteiger partial charge in [0, 0.05) is 60.6 Å². The van der Waals surface area contributed by atoms with Gasteiger partial charge >= 0.3 is 7.82 Å². The standard InChI is InChI=1S/C51H72Cl3N18O16PS3/c1-7-28-37(52)58-40(43(79)55-25-10-13-67(16-34(25)83-4)49-64-61-46(90-49)31(76)19-73)70(28)22-86-89(82,87-23-71-29(8-2)38(53)59-41(71)44(80)56-26-11-14-68(17-35(26)84-5)50-65-62-47(91-50)32(77)20-74)88-24-72-30(9-3)39(54)60-42(72)45(81)57-27-12-15-69(18-36(27)85-6)51-66-63-48(92-51)33(78)21-75/h25-27,31-36,73-78H,7-24H2,1-6H3,(H,55,79)(H,56,80)(H,57,81)/t25-,26-,27-,31-,32-,33-,34+,35+,36+/m1/s1. The average Bonchev–Trinajstić information content (AvgIpc) is 1.68. The van der Waals surface area contributed by atoms with Crippen LogP contribution >= 0.6 is 76.6 Å². The van der Waals surface area contributed by atoms with E-state index < -0.39 is 120 Å². The van der Waals surface area contributed by atoms with Crippen LogP contribution in [-0.4, -0.2) is 224 Å². The summed E-state index contributed by atoms with van der Waals surface area (Å²) in [6, 6.07) is -1.74. The van der Waals surface area contributed by atoms with E-state index in [0.29, 0.717) is 71.4 Å². The number of hydrogen-bond donors (Lipinski definition) is 9. The molecule has 9 heterocycles. The molecule has 3 aliphatic heterocycles. The molecule has 0 aliphatic carbocycles. The average molecular weight is 1430 g/mol. The summed E-state index contributed by atoms with van der Waals surface area (Å²) in [6.45, 7) is 3.43. The zero-order valence-electron chi connectivity index (χ0n) is 50.7. The van der Waals surface area contributed by atoms with E-state index in [1.165, 1.54) is 35.0 Å². The van der Waals surface area contributed by atoms with Gasteiger partial charge in [-0.3, -0.25) is 41.7 Å². The summed E-state index contributed by atoms with van der Waals surface area (Å²) in [7, 11) is -0.605. The summed E-state index contributed by atoms with van der Waals surface area (Å²) in [5.41, 5.74) is 0.884. The molecule has 0 aromatic carbocycles. The topological polar surface area (TPSA) is 422 Å². The van der Waals surface area contributed by atoms with Crippen LogP contribution in [0.5, 0.6) is 0 Å². The number of carbonyl (C=O) groups excluding carboxylic acids is 3. The molecule has 0 bridgehead atoms. The lowest BCUT2D eigenvalue weighted by Crippen LogP contribution is -2.55. The van der Waals surface area contributed by atoms with Gasteiger partial charge in [0.05, 0.1) is 73.3 Å². The minimum atomic E-state index is -5.07. The SMILES string of the molecule is CCc1c(Cl)nc(C(=O)N[C@@H]2CCN(c3nnc([C@H](O)CO)s3)C[C@@H]2OC)n1COP(=O)(OCn1c(C(=O)N[C@@H]2CCN(c3nnc([C@H](O)CO)s3)C[C@@H]2OC)nc(Cl)c1CC)OCn1c(C(=O)N[C@@H]2CCN(c3nnc([C@H](O)CO)s3)C[C@@H]2OC)nc(Cl)c1CC. The van der Waals surface area contributed by atoms with E-state index >= 15 is 4.57 Å². The van der Waals surface area contributed by atoms with Crippen molar-refractivity contribution in [2.24, 2.45) is 0 Å². The van der Waals surface area contributed by atoms with Crippen LogP contribution < -0.4 is 30.7 Å². The quantitative estimate of drug-likeness (QED) is 0.0291. The fraction of sp³-hybridized carbons (Fsp3) is 0.647. The van der Waals surface area contributed by atoms with Gasteiger partial charge in [0.2, 0.25) is 32.9 Å². The van der Waals surface area contributed by atoms with Gasteiger partial charge < -0.3 is 75.5 Å². The predicted octanol–water partition coefficient (Wildman–Crippen LogP) is 2.06. The first kappa shape index (κ1) is 71.0. The first-order valence-electron chi connectivity index (χ1n) is 29.1. The number of piperidine rings is 3.